The summed E-state index contributed by atoms with van der Waals surface area (Å²) in [7, 11) is 1.57. The van der Waals surface area contributed by atoms with E-state index < -0.39 is 5.97 Å². The Morgan fingerprint density at radius 2 is 2.00 bits per heavy atom. The van der Waals surface area contributed by atoms with Gasteiger partial charge in [-0.05, 0) is 43.0 Å². The zero-order chi connectivity index (χ0) is 14.5. The Labute approximate surface area is 117 Å². The molecule has 1 aliphatic rings. The van der Waals surface area contributed by atoms with Gasteiger partial charge in [-0.2, -0.15) is 0 Å². The van der Waals surface area contributed by atoms with E-state index in [-0.39, 0.29) is 17.7 Å². The number of methoxy groups -OCH3 is 1. The number of aliphatic carboxylic acids is 1. The minimum absolute atomic E-state index is 0.0368. The van der Waals surface area contributed by atoms with E-state index in [1.54, 1.807) is 31.4 Å². The highest BCUT2D eigenvalue weighted by molar-refractivity contribution is 5.94. The predicted octanol–water partition coefficient (Wildman–Crippen LogP) is 1.93. The molecule has 1 saturated carbocycles. The van der Waals surface area contributed by atoms with Crippen LogP contribution >= 0.6 is 0 Å². The van der Waals surface area contributed by atoms with E-state index in [2.05, 4.69) is 5.32 Å². The number of carboxylic acid groups (broad SMARTS) is 1. The number of hydrogen-bond donors (Lipinski definition) is 2. The lowest BCUT2D eigenvalue weighted by molar-refractivity contribution is -0.142. The first-order chi connectivity index (χ1) is 9.61. The van der Waals surface area contributed by atoms with Gasteiger partial charge in [0.15, 0.2) is 0 Å². The van der Waals surface area contributed by atoms with Gasteiger partial charge in [-0.15, -0.1) is 0 Å². The minimum atomic E-state index is -0.758. The Morgan fingerprint density at radius 1 is 1.30 bits per heavy atom. The van der Waals surface area contributed by atoms with E-state index in [0.717, 1.165) is 12.8 Å². The molecule has 0 saturated heterocycles. The molecule has 1 amide bonds. The Bertz CT molecular complexity index is 483. The van der Waals surface area contributed by atoms with E-state index in [1.165, 1.54) is 0 Å². The molecule has 5 nitrogen and oxygen atoms in total. The highest BCUT2D eigenvalue weighted by Crippen LogP contribution is 2.31. The molecular weight excluding hydrogens is 258 g/mol. The van der Waals surface area contributed by atoms with Crippen molar-refractivity contribution < 1.29 is 19.4 Å². The Morgan fingerprint density at radius 3 is 2.60 bits per heavy atom. The summed E-state index contributed by atoms with van der Waals surface area (Å²) in [4.78, 5) is 23.0. The molecule has 108 valence electrons. The third kappa shape index (κ3) is 3.29. The van der Waals surface area contributed by atoms with Gasteiger partial charge in [0, 0.05) is 12.1 Å². The number of rotatable bonds is 5. The Hall–Kier alpha value is -2.04. The van der Waals surface area contributed by atoms with Crippen LogP contribution in [0.1, 0.15) is 29.6 Å². The van der Waals surface area contributed by atoms with Gasteiger partial charge in [-0.25, -0.2) is 0 Å². The molecule has 1 aromatic rings. The standard InChI is InChI=1S/C15H19NO4/c1-20-12-7-5-10(6-8-12)14(17)16-9-11-3-2-4-13(11)15(18)19/h5-8,11,13H,2-4,9H2,1H3,(H,16,17)(H,18,19). The normalized spacial score (nSPS) is 21.4. The third-order valence-electron chi connectivity index (χ3n) is 3.85. The molecule has 5 heteroatoms. The van der Waals surface area contributed by atoms with Crippen molar-refractivity contribution in [3.8, 4) is 5.75 Å². The first kappa shape index (κ1) is 14.4. The molecule has 0 bridgehead atoms. The summed E-state index contributed by atoms with van der Waals surface area (Å²) in [6, 6.07) is 6.84. The molecule has 1 fully saturated rings. The average Bonchev–Trinajstić information content (AvgIpc) is 2.93. The Balaban J connectivity index is 1.89. The van der Waals surface area contributed by atoms with Crippen LogP contribution in [0.5, 0.6) is 5.75 Å². The van der Waals surface area contributed by atoms with Gasteiger partial charge in [0.2, 0.25) is 0 Å². The van der Waals surface area contributed by atoms with Crippen LogP contribution in [0.3, 0.4) is 0 Å². The fraction of sp³-hybridized carbons (Fsp3) is 0.467. The first-order valence-corrected chi connectivity index (χ1v) is 6.77. The van der Waals surface area contributed by atoms with Gasteiger partial charge in [-0.3, -0.25) is 9.59 Å². The van der Waals surface area contributed by atoms with Crippen LogP contribution in [0.15, 0.2) is 24.3 Å². The van der Waals surface area contributed by atoms with Gasteiger partial charge in [0.25, 0.3) is 5.91 Å². The molecular formula is C15H19NO4. The van der Waals surface area contributed by atoms with Crippen molar-refractivity contribution >= 4 is 11.9 Å². The summed E-state index contributed by atoms with van der Waals surface area (Å²) in [6.07, 6.45) is 2.48. The van der Waals surface area contributed by atoms with Crippen LogP contribution in [0, 0.1) is 11.8 Å². The number of benzene rings is 1. The van der Waals surface area contributed by atoms with Gasteiger partial charge >= 0.3 is 5.97 Å². The molecule has 0 heterocycles. The maximum Gasteiger partial charge on any atom is 0.306 e. The molecule has 20 heavy (non-hydrogen) atoms. The van der Waals surface area contributed by atoms with Gasteiger partial charge in [0.1, 0.15) is 5.75 Å². The number of ether oxygens (including phenoxy) is 1. The molecule has 2 atom stereocenters. The van der Waals surface area contributed by atoms with E-state index in [9.17, 15) is 9.59 Å². The van der Waals surface area contributed by atoms with Crippen molar-refractivity contribution in [3.63, 3.8) is 0 Å². The van der Waals surface area contributed by atoms with Crippen molar-refractivity contribution in [3.05, 3.63) is 29.8 Å². The highest BCUT2D eigenvalue weighted by atomic mass is 16.5. The lowest BCUT2D eigenvalue weighted by Gasteiger charge is -2.16. The smallest absolute Gasteiger partial charge is 0.306 e. The summed E-state index contributed by atoms with van der Waals surface area (Å²) in [5, 5.41) is 11.9. The van der Waals surface area contributed by atoms with Gasteiger partial charge in [0.05, 0.1) is 13.0 Å². The van der Waals surface area contributed by atoms with Crippen LogP contribution in [-0.2, 0) is 4.79 Å². The monoisotopic (exact) mass is 277 g/mol. The highest BCUT2D eigenvalue weighted by Gasteiger charge is 2.32. The quantitative estimate of drug-likeness (QED) is 0.862. The number of nitrogens with one attached hydrogen (secondary N) is 1. The number of carboxylic acids is 1. The van der Waals surface area contributed by atoms with Crippen LogP contribution in [0.25, 0.3) is 0 Å². The number of amides is 1. The van der Waals surface area contributed by atoms with E-state index in [1.807, 2.05) is 0 Å². The van der Waals surface area contributed by atoms with Crippen molar-refractivity contribution in [1.82, 2.24) is 5.32 Å². The van der Waals surface area contributed by atoms with E-state index in [0.29, 0.717) is 24.3 Å². The van der Waals surface area contributed by atoms with Crippen LogP contribution in [0.2, 0.25) is 0 Å². The molecule has 2 N–H and O–H groups in total. The largest absolute Gasteiger partial charge is 0.497 e. The predicted molar refractivity (Wildman–Crippen MR) is 73.8 cm³/mol. The second-order valence-corrected chi connectivity index (χ2v) is 5.07. The molecule has 2 rings (SSSR count). The lowest BCUT2D eigenvalue weighted by Crippen LogP contribution is -2.33. The molecule has 1 aromatic carbocycles. The molecule has 0 aliphatic heterocycles. The van der Waals surface area contributed by atoms with Gasteiger partial charge in [-0.1, -0.05) is 6.42 Å². The van der Waals surface area contributed by atoms with Crippen LogP contribution in [0.4, 0.5) is 0 Å². The Kier molecular flexibility index (Phi) is 4.61. The van der Waals surface area contributed by atoms with Crippen molar-refractivity contribution in [2.75, 3.05) is 13.7 Å². The third-order valence-corrected chi connectivity index (χ3v) is 3.85. The summed E-state index contributed by atoms with van der Waals surface area (Å²) in [5.74, 6) is -0.529. The van der Waals surface area contributed by atoms with Crippen LogP contribution in [-0.4, -0.2) is 30.6 Å². The summed E-state index contributed by atoms with van der Waals surface area (Å²) < 4.78 is 5.03. The molecule has 2 unspecified atom stereocenters. The number of hydrogen-bond acceptors (Lipinski definition) is 3. The first-order valence-electron chi connectivity index (χ1n) is 6.77. The fourth-order valence-corrected chi connectivity index (χ4v) is 2.67. The summed E-state index contributed by atoms with van der Waals surface area (Å²) >= 11 is 0. The molecule has 0 radical (unpaired) electrons. The van der Waals surface area contributed by atoms with Crippen LogP contribution < -0.4 is 10.1 Å². The zero-order valence-corrected chi connectivity index (χ0v) is 11.5. The van der Waals surface area contributed by atoms with Crippen molar-refractivity contribution in [2.24, 2.45) is 11.8 Å². The van der Waals surface area contributed by atoms with E-state index >= 15 is 0 Å². The maximum atomic E-state index is 12.0. The number of carbonyl (C=O) groups excluding carboxylic acids is 1. The summed E-state index contributed by atoms with van der Waals surface area (Å²) in [6.45, 7) is 0.418. The number of carbonyl (C=O) groups is 2. The minimum Gasteiger partial charge on any atom is -0.497 e. The van der Waals surface area contributed by atoms with Gasteiger partial charge < -0.3 is 15.2 Å². The molecule has 0 aromatic heterocycles. The van der Waals surface area contributed by atoms with E-state index in [4.69, 9.17) is 9.84 Å². The average molecular weight is 277 g/mol. The second kappa shape index (κ2) is 6.41. The summed E-state index contributed by atoms with van der Waals surface area (Å²) in [5.41, 5.74) is 0.552. The SMILES string of the molecule is COc1ccc(C(=O)NCC2CCCC2C(=O)O)cc1. The second-order valence-electron chi connectivity index (χ2n) is 5.07. The maximum absolute atomic E-state index is 12.0. The lowest BCUT2D eigenvalue weighted by atomic mass is 9.96. The fourth-order valence-electron chi connectivity index (χ4n) is 2.67. The van der Waals surface area contributed by atoms with Crippen molar-refractivity contribution in [1.29, 1.82) is 0 Å². The molecule has 0 spiro atoms. The van der Waals surface area contributed by atoms with Crippen molar-refractivity contribution in [2.45, 2.75) is 19.3 Å². The topological polar surface area (TPSA) is 75.6 Å². The molecule has 1 aliphatic carbocycles. The zero-order valence-electron chi connectivity index (χ0n) is 11.5.